The lowest BCUT2D eigenvalue weighted by molar-refractivity contribution is -0.373. The average Bonchev–Trinajstić information content (AvgIpc) is 1.68. The van der Waals surface area contributed by atoms with Crippen molar-refractivity contribution in [3.05, 3.63) is 0 Å². The van der Waals surface area contributed by atoms with Crippen LogP contribution in [-0.4, -0.2) is 10.9 Å². The second-order valence-corrected chi connectivity index (χ2v) is 3.93. The molecule has 0 aromatic carbocycles. The molecule has 0 aliphatic heterocycles. The third-order valence-electron chi connectivity index (χ3n) is 1.26. The minimum absolute atomic E-state index is 0. The van der Waals surface area contributed by atoms with Gasteiger partial charge in [-0.1, -0.05) is 22.9 Å². The highest BCUT2D eigenvalue weighted by molar-refractivity contribution is 9.10. The summed E-state index contributed by atoms with van der Waals surface area (Å²) in [5.41, 5.74) is 3.78. The molecule has 1 atom stereocenters. The molecule has 1 nitrogen and oxygen atoms in total. The summed E-state index contributed by atoms with van der Waals surface area (Å²) in [7, 11) is 0. The molecule has 3 N–H and O–H groups in total. The zero-order chi connectivity index (χ0) is 5.91. The molecule has 0 rings (SSSR count). The Morgan fingerprint density at radius 3 is 2.00 bits per heavy atom. The van der Waals surface area contributed by atoms with Gasteiger partial charge in [-0.2, -0.15) is 0 Å². The van der Waals surface area contributed by atoms with Gasteiger partial charge in [-0.05, 0) is 13.3 Å². The van der Waals surface area contributed by atoms with Crippen LogP contribution < -0.4 is 18.1 Å². The van der Waals surface area contributed by atoms with E-state index >= 15 is 0 Å². The van der Waals surface area contributed by atoms with E-state index in [1.54, 1.807) is 0 Å². The van der Waals surface area contributed by atoms with Gasteiger partial charge in [-0.15, -0.1) is 0 Å². The Labute approximate surface area is 65.6 Å². The molecule has 0 radical (unpaired) electrons. The van der Waals surface area contributed by atoms with Crippen LogP contribution in [0.25, 0.3) is 0 Å². The van der Waals surface area contributed by atoms with Crippen molar-refractivity contribution in [2.75, 3.05) is 6.54 Å². The first-order valence-electron chi connectivity index (χ1n) is 2.60. The van der Waals surface area contributed by atoms with E-state index in [0.717, 1.165) is 13.0 Å². The zero-order valence-corrected chi connectivity index (χ0v) is 7.72. The highest BCUT2D eigenvalue weighted by Gasteiger charge is 2.15. The molecule has 0 amide bonds. The van der Waals surface area contributed by atoms with Crippen LogP contribution in [0.5, 0.6) is 0 Å². The van der Waals surface area contributed by atoms with Crippen LogP contribution in [0, 0.1) is 0 Å². The lowest BCUT2D eigenvalue weighted by Crippen LogP contribution is -3.00. The summed E-state index contributed by atoms with van der Waals surface area (Å²) in [6.07, 6.45) is 1.15. The summed E-state index contributed by atoms with van der Waals surface area (Å²) >= 11 is 3.52. The highest BCUT2D eigenvalue weighted by atomic mass is 79.9. The van der Waals surface area contributed by atoms with Crippen LogP contribution >= 0.6 is 15.9 Å². The Bertz CT molecular complexity index is 50.4. The van der Waals surface area contributed by atoms with Crippen LogP contribution in [0.1, 0.15) is 20.3 Å². The van der Waals surface area contributed by atoms with Crippen LogP contribution in [0.15, 0.2) is 0 Å². The summed E-state index contributed by atoms with van der Waals surface area (Å²) in [5.74, 6) is 0. The fourth-order valence-corrected chi connectivity index (χ4v) is 0.177. The first kappa shape index (κ1) is 11.5. The van der Waals surface area contributed by atoms with E-state index < -0.39 is 0 Å². The Morgan fingerprint density at radius 2 is 2.00 bits per heavy atom. The average molecular weight is 203 g/mol. The van der Waals surface area contributed by atoms with Crippen molar-refractivity contribution in [1.29, 1.82) is 0 Å². The molecular weight excluding hydrogens is 189 g/mol. The van der Waals surface area contributed by atoms with Crippen molar-refractivity contribution in [3.8, 4) is 0 Å². The fourth-order valence-electron chi connectivity index (χ4n) is 0.177. The van der Waals surface area contributed by atoms with Crippen LogP contribution in [0.4, 0.5) is 0 Å². The van der Waals surface area contributed by atoms with Crippen molar-refractivity contribution in [2.24, 2.45) is 0 Å². The maximum atomic E-state index is 3.78. The quantitative estimate of drug-likeness (QED) is 0.492. The van der Waals surface area contributed by atoms with Gasteiger partial charge in [0.2, 0.25) is 0 Å². The lowest BCUT2D eigenvalue weighted by atomic mass is 10.1. The minimum atomic E-state index is 0. The topological polar surface area (TPSA) is 27.6 Å². The number of rotatable bonds is 2. The van der Waals surface area contributed by atoms with E-state index in [9.17, 15) is 0 Å². The lowest BCUT2D eigenvalue weighted by Gasteiger charge is -2.12. The number of hydrogen-bond acceptors (Lipinski definition) is 0. The molecule has 0 fully saturated rings. The Hall–Kier alpha value is 0.730. The predicted octanol–water partition coefficient (Wildman–Crippen LogP) is -2.20. The van der Waals surface area contributed by atoms with Gasteiger partial charge in [-0.25, -0.2) is 0 Å². The molecule has 0 heterocycles. The summed E-state index contributed by atoms with van der Waals surface area (Å²) in [6, 6.07) is 0. The van der Waals surface area contributed by atoms with Gasteiger partial charge in [0.1, 0.15) is 0 Å². The molecule has 1 unspecified atom stereocenters. The summed E-state index contributed by atoms with van der Waals surface area (Å²) in [6.45, 7) is 5.27. The van der Waals surface area contributed by atoms with Crippen molar-refractivity contribution in [3.63, 3.8) is 0 Å². The molecule has 52 valence electrons. The molecular formula is C5H13BrClN. The van der Waals surface area contributed by atoms with Gasteiger partial charge < -0.3 is 18.1 Å². The summed E-state index contributed by atoms with van der Waals surface area (Å²) < 4.78 is 0.285. The van der Waals surface area contributed by atoms with Crippen LogP contribution in [0.2, 0.25) is 0 Å². The molecule has 3 heteroatoms. The molecule has 0 aliphatic carbocycles. The Kier molecular flexibility index (Phi) is 6.61. The van der Waals surface area contributed by atoms with Crippen LogP contribution in [-0.2, 0) is 0 Å². The number of halogens is 2. The Morgan fingerprint density at radius 1 is 1.62 bits per heavy atom. The fraction of sp³-hybridized carbons (Fsp3) is 1.00. The molecule has 8 heavy (non-hydrogen) atoms. The predicted molar refractivity (Wildman–Crippen MR) is 35.4 cm³/mol. The zero-order valence-electron chi connectivity index (χ0n) is 5.38. The van der Waals surface area contributed by atoms with Crippen molar-refractivity contribution in [1.82, 2.24) is 0 Å². The molecule has 0 saturated heterocycles. The van der Waals surface area contributed by atoms with Crippen molar-refractivity contribution >= 4 is 15.9 Å². The second kappa shape index (κ2) is 4.59. The van der Waals surface area contributed by atoms with Crippen molar-refractivity contribution in [2.45, 2.75) is 24.6 Å². The minimum Gasteiger partial charge on any atom is -1.00 e. The molecule has 0 aliphatic rings. The molecule has 0 bridgehead atoms. The normalized spacial score (nSPS) is 16.5. The highest BCUT2D eigenvalue weighted by Crippen LogP contribution is 2.17. The Balaban J connectivity index is 0. The van der Waals surface area contributed by atoms with Crippen molar-refractivity contribution < 1.29 is 18.1 Å². The smallest absolute Gasteiger partial charge is 0.0892 e. The second-order valence-electron chi connectivity index (χ2n) is 2.02. The molecule has 0 aromatic heterocycles. The summed E-state index contributed by atoms with van der Waals surface area (Å²) in [5, 5.41) is 0. The number of hydrogen-bond donors (Lipinski definition) is 1. The largest absolute Gasteiger partial charge is 1.00 e. The van der Waals surface area contributed by atoms with Crippen LogP contribution in [0.3, 0.4) is 0 Å². The van der Waals surface area contributed by atoms with E-state index in [1.807, 2.05) is 0 Å². The number of quaternary nitrogens is 1. The standard InChI is InChI=1S/C5H12BrN.ClH/c1-3-5(2,6)4-7;/h3-4,7H2,1-2H3;1H. The molecule has 0 spiro atoms. The van der Waals surface area contributed by atoms with E-state index in [0.29, 0.717) is 0 Å². The monoisotopic (exact) mass is 201 g/mol. The number of alkyl halides is 1. The van der Waals surface area contributed by atoms with Gasteiger partial charge in [0.15, 0.2) is 0 Å². The SMILES string of the molecule is CCC(C)(Br)C[NH3+].[Cl-]. The molecule has 0 saturated carbocycles. The maximum absolute atomic E-state index is 3.78. The first-order chi connectivity index (χ1) is 3.12. The van der Waals surface area contributed by atoms with E-state index in [2.05, 4.69) is 35.5 Å². The molecule has 0 aromatic rings. The van der Waals surface area contributed by atoms with E-state index in [1.165, 1.54) is 0 Å². The van der Waals surface area contributed by atoms with Gasteiger partial charge in [0, 0.05) is 0 Å². The van der Waals surface area contributed by atoms with E-state index in [-0.39, 0.29) is 16.7 Å². The van der Waals surface area contributed by atoms with E-state index in [4.69, 9.17) is 0 Å². The van der Waals surface area contributed by atoms with Gasteiger partial charge in [-0.3, -0.25) is 0 Å². The summed E-state index contributed by atoms with van der Waals surface area (Å²) in [4.78, 5) is 0. The van der Waals surface area contributed by atoms with Gasteiger partial charge >= 0.3 is 0 Å². The van der Waals surface area contributed by atoms with Gasteiger partial charge in [0.05, 0.1) is 10.9 Å². The third kappa shape index (κ3) is 4.88. The maximum Gasteiger partial charge on any atom is 0.0892 e. The third-order valence-corrected chi connectivity index (χ3v) is 2.22. The van der Waals surface area contributed by atoms with Gasteiger partial charge in [0.25, 0.3) is 0 Å². The first-order valence-corrected chi connectivity index (χ1v) is 3.40.